The molecule has 0 heterocycles. The van der Waals surface area contributed by atoms with Crippen LogP contribution in [0.15, 0.2) is 47.6 Å². The molecule has 0 saturated carbocycles. The standard InChI is InChI=1S/C17H14Cl2N4O4/c18-12-4-5-14(19)15(9-12)21-16(24)6-7-17(25)22-20-10-11-2-1-3-13(8-11)23(26)27/h1-5,8-10H,6-7H2,(H,21,24)(H,22,25)/b20-10+. The lowest BCUT2D eigenvalue weighted by molar-refractivity contribution is -0.384. The van der Waals surface area contributed by atoms with E-state index in [0.717, 1.165) is 0 Å². The molecule has 8 nitrogen and oxygen atoms in total. The first-order valence-corrected chi connectivity index (χ1v) is 8.42. The van der Waals surface area contributed by atoms with Gasteiger partial charge in [-0.2, -0.15) is 5.10 Å². The Morgan fingerprint density at radius 1 is 1.11 bits per heavy atom. The van der Waals surface area contributed by atoms with Crippen LogP contribution >= 0.6 is 23.2 Å². The molecule has 0 bridgehead atoms. The summed E-state index contributed by atoms with van der Waals surface area (Å²) in [5.41, 5.74) is 2.99. The number of hydrogen-bond donors (Lipinski definition) is 2. The normalized spacial score (nSPS) is 10.6. The van der Waals surface area contributed by atoms with Crippen LogP contribution in [0.1, 0.15) is 18.4 Å². The topological polar surface area (TPSA) is 114 Å². The molecule has 2 aromatic rings. The van der Waals surface area contributed by atoms with Crippen molar-refractivity contribution in [3.8, 4) is 0 Å². The Hall–Kier alpha value is -2.97. The summed E-state index contributed by atoms with van der Waals surface area (Å²) in [7, 11) is 0. The van der Waals surface area contributed by atoms with Gasteiger partial charge in [-0.05, 0) is 18.2 Å². The number of nitro benzene ring substituents is 1. The van der Waals surface area contributed by atoms with Crippen LogP contribution in [0, 0.1) is 10.1 Å². The van der Waals surface area contributed by atoms with Crippen LogP contribution in [0.25, 0.3) is 0 Å². The van der Waals surface area contributed by atoms with Crippen molar-refractivity contribution in [3.63, 3.8) is 0 Å². The summed E-state index contributed by atoms with van der Waals surface area (Å²) in [5.74, 6) is -0.888. The quantitative estimate of drug-likeness (QED) is 0.412. The van der Waals surface area contributed by atoms with Crippen molar-refractivity contribution in [2.75, 3.05) is 5.32 Å². The number of nitrogens with one attached hydrogen (secondary N) is 2. The highest BCUT2D eigenvalue weighted by Crippen LogP contribution is 2.25. The van der Waals surface area contributed by atoms with E-state index in [1.165, 1.54) is 30.5 Å². The van der Waals surface area contributed by atoms with Gasteiger partial charge in [-0.1, -0.05) is 35.3 Å². The second-order valence-corrected chi connectivity index (χ2v) is 6.16. The number of halogens is 2. The molecule has 2 amide bonds. The number of amides is 2. The summed E-state index contributed by atoms with van der Waals surface area (Å²) in [5, 5.41) is 17.7. The fraction of sp³-hybridized carbons (Fsp3) is 0.118. The van der Waals surface area contributed by atoms with E-state index in [0.29, 0.717) is 21.3 Å². The molecule has 2 rings (SSSR count). The van der Waals surface area contributed by atoms with Crippen molar-refractivity contribution in [1.82, 2.24) is 5.43 Å². The van der Waals surface area contributed by atoms with Crippen LogP contribution in [0.3, 0.4) is 0 Å². The van der Waals surface area contributed by atoms with Gasteiger partial charge >= 0.3 is 0 Å². The highest BCUT2D eigenvalue weighted by Gasteiger charge is 2.09. The maximum Gasteiger partial charge on any atom is 0.270 e. The molecule has 0 fully saturated rings. The first kappa shape index (κ1) is 20.3. The minimum absolute atomic E-state index is 0.0818. The van der Waals surface area contributed by atoms with Gasteiger partial charge in [0.25, 0.3) is 5.69 Å². The largest absolute Gasteiger partial charge is 0.325 e. The second kappa shape index (κ2) is 9.65. The Kier molecular flexibility index (Phi) is 7.27. The third-order valence-corrected chi connectivity index (χ3v) is 3.83. The van der Waals surface area contributed by atoms with Gasteiger partial charge in [0.05, 0.1) is 21.8 Å². The predicted octanol–water partition coefficient (Wildman–Crippen LogP) is 3.77. The van der Waals surface area contributed by atoms with E-state index >= 15 is 0 Å². The molecule has 0 unspecified atom stereocenters. The van der Waals surface area contributed by atoms with Crippen LogP contribution in [0.2, 0.25) is 10.0 Å². The highest BCUT2D eigenvalue weighted by atomic mass is 35.5. The van der Waals surface area contributed by atoms with Crippen LogP contribution in [0.5, 0.6) is 0 Å². The molecule has 2 aromatic carbocycles. The summed E-state index contributed by atoms with van der Waals surface area (Å²) in [6.07, 6.45) is 1.09. The van der Waals surface area contributed by atoms with Crippen molar-refractivity contribution in [1.29, 1.82) is 0 Å². The van der Waals surface area contributed by atoms with E-state index in [1.807, 2.05) is 0 Å². The first-order valence-electron chi connectivity index (χ1n) is 7.66. The Labute approximate surface area is 164 Å². The van der Waals surface area contributed by atoms with Crippen LogP contribution < -0.4 is 10.7 Å². The zero-order chi connectivity index (χ0) is 19.8. The van der Waals surface area contributed by atoms with E-state index in [1.54, 1.807) is 18.2 Å². The first-order chi connectivity index (χ1) is 12.8. The lowest BCUT2D eigenvalue weighted by Crippen LogP contribution is -2.20. The van der Waals surface area contributed by atoms with Crippen LogP contribution in [0.4, 0.5) is 11.4 Å². The van der Waals surface area contributed by atoms with Crippen molar-refractivity contribution >= 4 is 52.6 Å². The zero-order valence-electron chi connectivity index (χ0n) is 13.8. The Morgan fingerprint density at radius 2 is 1.85 bits per heavy atom. The number of hydrazone groups is 1. The monoisotopic (exact) mass is 408 g/mol. The van der Waals surface area contributed by atoms with Crippen molar-refractivity contribution < 1.29 is 14.5 Å². The highest BCUT2D eigenvalue weighted by molar-refractivity contribution is 6.35. The van der Waals surface area contributed by atoms with E-state index in [9.17, 15) is 19.7 Å². The third-order valence-electron chi connectivity index (χ3n) is 3.27. The average molecular weight is 409 g/mol. The molecule has 0 aliphatic heterocycles. The number of rotatable bonds is 7. The predicted molar refractivity (Wildman–Crippen MR) is 103 cm³/mol. The number of anilines is 1. The van der Waals surface area contributed by atoms with E-state index in [-0.39, 0.29) is 18.5 Å². The summed E-state index contributed by atoms with van der Waals surface area (Å²) in [6.45, 7) is 0. The molecule has 140 valence electrons. The number of non-ortho nitro benzene ring substituents is 1. The zero-order valence-corrected chi connectivity index (χ0v) is 15.3. The average Bonchev–Trinajstić information content (AvgIpc) is 2.63. The fourth-order valence-corrected chi connectivity index (χ4v) is 2.32. The maximum absolute atomic E-state index is 11.9. The number of benzene rings is 2. The molecule has 0 aliphatic rings. The molecule has 0 aromatic heterocycles. The van der Waals surface area contributed by atoms with Crippen molar-refractivity contribution in [2.45, 2.75) is 12.8 Å². The van der Waals surface area contributed by atoms with Gasteiger partial charge in [0.1, 0.15) is 0 Å². The van der Waals surface area contributed by atoms with Gasteiger partial charge < -0.3 is 5.32 Å². The van der Waals surface area contributed by atoms with Crippen LogP contribution in [-0.4, -0.2) is 23.0 Å². The Bertz CT molecular complexity index is 902. The minimum Gasteiger partial charge on any atom is -0.325 e. The van der Waals surface area contributed by atoms with Gasteiger partial charge in [0.15, 0.2) is 0 Å². The molecule has 0 spiro atoms. The van der Waals surface area contributed by atoms with Gasteiger partial charge in [-0.3, -0.25) is 19.7 Å². The maximum atomic E-state index is 11.9. The molecule has 0 saturated heterocycles. The fourth-order valence-electron chi connectivity index (χ4n) is 1.99. The van der Waals surface area contributed by atoms with Gasteiger partial charge in [-0.25, -0.2) is 5.43 Å². The molecular weight excluding hydrogens is 395 g/mol. The summed E-state index contributed by atoms with van der Waals surface area (Å²) >= 11 is 11.8. The van der Waals surface area contributed by atoms with Gasteiger partial charge in [0, 0.05) is 35.6 Å². The Morgan fingerprint density at radius 3 is 2.59 bits per heavy atom. The summed E-state index contributed by atoms with van der Waals surface area (Å²) < 4.78 is 0. The number of hydrogen-bond acceptors (Lipinski definition) is 5. The smallest absolute Gasteiger partial charge is 0.270 e. The number of carbonyl (C=O) groups excluding carboxylic acids is 2. The van der Waals surface area contributed by atoms with Crippen LogP contribution in [-0.2, 0) is 9.59 Å². The number of carbonyl (C=O) groups is 2. The Balaban J connectivity index is 1.80. The summed E-state index contributed by atoms with van der Waals surface area (Å²) in [6, 6.07) is 10.4. The van der Waals surface area contributed by atoms with Gasteiger partial charge in [0.2, 0.25) is 11.8 Å². The van der Waals surface area contributed by atoms with E-state index in [4.69, 9.17) is 23.2 Å². The molecule has 0 aliphatic carbocycles. The molecule has 27 heavy (non-hydrogen) atoms. The molecule has 0 radical (unpaired) electrons. The lowest BCUT2D eigenvalue weighted by atomic mass is 10.2. The molecular formula is C17H14Cl2N4O4. The number of nitrogens with zero attached hydrogens (tertiary/aromatic N) is 2. The molecule has 10 heteroatoms. The van der Waals surface area contributed by atoms with Gasteiger partial charge in [-0.15, -0.1) is 0 Å². The van der Waals surface area contributed by atoms with Crippen molar-refractivity contribution in [2.24, 2.45) is 5.10 Å². The third kappa shape index (κ3) is 6.69. The van der Waals surface area contributed by atoms with Crippen molar-refractivity contribution in [3.05, 3.63) is 68.2 Å². The summed E-state index contributed by atoms with van der Waals surface area (Å²) in [4.78, 5) is 33.8. The van der Waals surface area contributed by atoms with E-state index < -0.39 is 16.7 Å². The molecule has 0 atom stereocenters. The second-order valence-electron chi connectivity index (χ2n) is 5.32. The SMILES string of the molecule is O=C(CCC(=O)Nc1cc(Cl)ccc1Cl)N/N=C/c1cccc([N+](=O)[O-])c1. The lowest BCUT2D eigenvalue weighted by Gasteiger charge is -2.07. The number of nitro groups is 1. The van der Waals surface area contributed by atoms with E-state index in [2.05, 4.69) is 15.8 Å². The molecule has 2 N–H and O–H groups in total. The minimum atomic E-state index is -0.527.